The lowest BCUT2D eigenvalue weighted by atomic mass is 9.75. The molecule has 0 unspecified atom stereocenters. The van der Waals surface area contributed by atoms with Gasteiger partial charge in [-0.2, -0.15) is 0 Å². The van der Waals surface area contributed by atoms with E-state index in [1.165, 1.54) is 18.4 Å². The smallest absolute Gasteiger partial charge is 0.119 e. The van der Waals surface area contributed by atoms with E-state index in [-0.39, 0.29) is 0 Å². The van der Waals surface area contributed by atoms with Gasteiger partial charge in [-0.25, -0.2) is 0 Å². The third-order valence-corrected chi connectivity index (χ3v) is 3.62. The van der Waals surface area contributed by atoms with Crippen molar-refractivity contribution >= 4 is 6.29 Å². The summed E-state index contributed by atoms with van der Waals surface area (Å²) in [7, 11) is 0. The van der Waals surface area contributed by atoms with Crippen molar-refractivity contribution in [2.45, 2.75) is 46.5 Å². The Kier molecular flexibility index (Phi) is 3.29. The standard InChI is InChI=1S/C12H20O/c1-10-7-8-11(12(10,2)3)6-4-5-9-13/h7,9,11H,4-6,8H2,1-3H3/t11-/m0/s1. The molecule has 0 heterocycles. The normalized spacial score (nSPS) is 25.8. The highest BCUT2D eigenvalue weighted by molar-refractivity contribution is 5.48. The van der Waals surface area contributed by atoms with Crippen LogP contribution >= 0.6 is 0 Å². The van der Waals surface area contributed by atoms with E-state index in [4.69, 9.17) is 0 Å². The molecule has 0 bridgehead atoms. The van der Waals surface area contributed by atoms with Crippen molar-refractivity contribution < 1.29 is 4.79 Å². The molecule has 0 spiro atoms. The molecule has 1 heteroatoms. The van der Waals surface area contributed by atoms with Crippen LogP contribution in [0.1, 0.15) is 46.5 Å². The molecule has 1 atom stereocenters. The van der Waals surface area contributed by atoms with Crippen molar-refractivity contribution in [1.82, 2.24) is 0 Å². The van der Waals surface area contributed by atoms with Gasteiger partial charge in [-0.1, -0.05) is 25.5 Å². The molecule has 0 aromatic rings. The summed E-state index contributed by atoms with van der Waals surface area (Å²) in [5, 5.41) is 0. The van der Waals surface area contributed by atoms with Crippen LogP contribution in [0.15, 0.2) is 11.6 Å². The molecule has 0 radical (unpaired) electrons. The Morgan fingerprint density at radius 1 is 1.62 bits per heavy atom. The van der Waals surface area contributed by atoms with Crippen molar-refractivity contribution in [3.8, 4) is 0 Å². The summed E-state index contributed by atoms with van der Waals surface area (Å²) in [5.41, 5.74) is 1.88. The van der Waals surface area contributed by atoms with Crippen molar-refractivity contribution in [1.29, 1.82) is 0 Å². The molecular formula is C12H20O. The summed E-state index contributed by atoms with van der Waals surface area (Å²) in [5.74, 6) is 0.757. The minimum absolute atomic E-state index is 0.364. The zero-order chi connectivity index (χ0) is 9.90. The highest BCUT2D eigenvalue weighted by Crippen LogP contribution is 2.45. The van der Waals surface area contributed by atoms with Crippen LogP contribution in [0.3, 0.4) is 0 Å². The average Bonchev–Trinajstić information content (AvgIpc) is 2.32. The minimum Gasteiger partial charge on any atom is -0.303 e. The zero-order valence-electron chi connectivity index (χ0n) is 8.97. The predicted molar refractivity (Wildman–Crippen MR) is 55.6 cm³/mol. The van der Waals surface area contributed by atoms with Gasteiger partial charge in [0.05, 0.1) is 0 Å². The molecule has 0 aromatic carbocycles. The van der Waals surface area contributed by atoms with Crippen LogP contribution in [0.5, 0.6) is 0 Å². The fourth-order valence-corrected chi connectivity index (χ4v) is 2.12. The van der Waals surface area contributed by atoms with E-state index in [0.29, 0.717) is 5.41 Å². The van der Waals surface area contributed by atoms with Gasteiger partial charge in [-0.3, -0.25) is 0 Å². The van der Waals surface area contributed by atoms with Crippen molar-refractivity contribution in [3.05, 3.63) is 11.6 Å². The average molecular weight is 180 g/mol. The third kappa shape index (κ3) is 2.20. The molecule has 74 valence electrons. The minimum atomic E-state index is 0.364. The summed E-state index contributed by atoms with van der Waals surface area (Å²) in [6, 6.07) is 0. The second-order valence-corrected chi connectivity index (χ2v) is 4.64. The Bertz CT molecular complexity index is 213. The molecule has 1 nitrogen and oxygen atoms in total. The number of aldehydes is 1. The predicted octanol–water partition coefficient (Wildman–Crippen LogP) is 3.35. The fourth-order valence-electron chi connectivity index (χ4n) is 2.12. The Hall–Kier alpha value is -0.590. The van der Waals surface area contributed by atoms with Crippen LogP contribution in [0, 0.1) is 11.3 Å². The second kappa shape index (κ2) is 4.08. The summed E-state index contributed by atoms with van der Waals surface area (Å²) >= 11 is 0. The SMILES string of the molecule is CC1=CC[C@H](CCCC=O)C1(C)C. The topological polar surface area (TPSA) is 17.1 Å². The van der Waals surface area contributed by atoms with Crippen LogP contribution < -0.4 is 0 Å². The quantitative estimate of drug-likeness (QED) is 0.368. The summed E-state index contributed by atoms with van der Waals surface area (Å²) in [4.78, 5) is 10.2. The number of allylic oxidation sites excluding steroid dienone is 2. The molecule has 0 aromatic heterocycles. The first-order valence-electron chi connectivity index (χ1n) is 5.20. The number of carbonyl (C=O) groups excluding carboxylic acids is 1. The van der Waals surface area contributed by atoms with Crippen molar-refractivity contribution in [2.24, 2.45) is 11.3 Å². The Balaban J connectivity index is 2.42. The van der Waals surface area contributed by atoms with E-state index in [0.717, 1.165) is 25.0 Å². The maximum absolute atomic E-state index is 10.2. The first kappa shape index (κ1) is 10.5. The van der Waals surface area contributed by atoms with Gasteiger partial charge >= 0.3 is 0 Å². The summed E-state index contributed by atoms with van der Waals surface area (Å²) < 4.78 is 0. The molecule has 0 fully saturated rings. The molecule has 1 aliphatic rings. The van der Waals surface area contributed by atoms with E-state index in [2.05, 4.69) is 26.8 Å². The van der Waals surface area contributed by atoms with Crippen LogP contribution in [-0.2, 0) is 4.79 Å². The molecule has 0 saturated carbocycles. The van der Waals surface area contributed by atoms with Crippen LogP contribution in [0.2, 0.25) is 0 Å². The van der Waals surface area contributed by atoms with E-state index in [1.54, 1.807) is 0 Å². The Morgan fingerprint density at radius 3 is 2.77 bits per heavy atom. The van der Waals surface area contributed by atoms with Gasteiger partial charge in [0, 0.05) is 6.42 Å². The molecular weight excluding hydrogens is 160 g/mol. The number of hydrogen-bond donors (Lipinski definition) is 0. The van der Waals surface area contributed by atoms with Gasteiger partial charge in [-0.15, -0.1) is 0 Å². The summed E-state index contributed by atoms with van der Waals surface area (Å²) in [6.45, 7) is 6.86. The van der Waals surface area contributed by atoms with Crippen LogP contribution in [0.25, 0.3) is 0 Å². The molecule has 1 aliphatic carbocycles. The second-order valence-electron chi connectivity index (χ2n) is 4.64. The monoisotopic (exact) mass is 180 g/mol. The molecule has 13 heavy (non-hydrogen) atoms. The van der Waals surface area contributed by atoms with Gasteiger partial charge in [-0.05, 0) is 37.5 Å². The van der Waals surface area contributed by atoms with Gasteiger partial charge in [0.2, 0.25) is 0 Å². The number of unbranched alkanes of at least 4 members (excludes halogenated alkanes) is 1. The molecule has 0 saturated heterocycles. The number of carbonyl (C=O) groups is 1. The molecule has 0 aliphatic heterocycles. The van der Waals surface area contributed by atoms with Gasteiger partial charge in [0.1, 0.15) is 6.29 Å². The number of hydrogen-bond acceptors (Lipinski definition) is 1. The van der Waals surface area contributed by atoms with Crippen LogP contribution in [0.4, 0.5) is 0 Å². The Labute approximate surface area is 81.2 Å². The zero-order valence-corrected chi connectivity index (χ0v) is 8.97. The van der Waals surface area contributed by atoms with E-state index >= 15 is 0 Å². The maximum Gasteiger partial charge on any atom is 0.119 e. The maximum atomic E-state index is 10.2. The first-order valence-corrected chi connectivity index (χ1v) is 5.20. The first-order chi connectivity index (χ1) is 6.09. The number of rotatable bonds is 4. The van der Waals surface area contributed by atoms with E-state index < -0.39 is 0 Å². The van der Waals surface area contributed by atoms with E-state index in [1.807, 2.05) is 0 Å². The lowest BCUT2D eigenvalue weighted by molar-refractivity contribution is -0.108. The van der Waals surface area contributed by atoms with Crippen molar-refractivity contribution in [3.63, 3.8) is 0 Å². The van der Waals surface area contributed by atoms with Gasteiger partial charge in [0.15, 0.2) is 0 Å². The van der Waals surface area contributed by atoms with Crippen LogP contribution in [-0.4, -0.2) is 6.29 Å². The Morgan fingerprint density at radius 2 is 2.31 bits per heavy atom. The molecule has 0 amide bonds. The highest BCUT2D eigenvalue weighted by Gasteiger charge is 2.33. The third-order valence-electron chi connectivity index (χ3n) is 3.62. The lowest BCUT2D eigenvalue weighted by Gasteiger charge is -2.29. The van der Waals surface area contributed by atoms with Crippen molar-refractivity contribution in [2.75, 3.05) is 0 Å². The summed E-state index contributed by atoms with van der Waals surface area (Å²) in [6.07, 6.45) is 7.56. The largest absolute Gasteiger partial charge is 0.303 e. The van der Waals surface area contributed by atoms with Gasteiger partial charge in [0.25, 0.3) is 0 Å². The molecule has 0 N–H and O–H groups in total. The van der Waals surface area contributed by atoms with Gasteiger partial charge < -0.3 is 4.79 Å². The van der Waals surface area contributed by atoms with E-state index in [9.17, 15) is 4.79 Å². The fraction of sp³-hybridized carbons (Fsp3) is 0.750. The highest BCUT2D eigenvalue weighted by atomic mass is 16.1. The lowest BCUT2D eigenvalue weighted by Crippen LogP contribution is -2.20. The molecule has 1 rings (SSSR count).